The predicted molar refractivity (Wildman–Crippen MR) is 55.1 cm³/mol. The first-order chi connectivity index (χ1) is 6.77. The quantitative estimate of drug-likeness (QED) is 0.548. The summed E-state index contributed by atoms with van der Waals surface area (Å²) in [6, 6.07) is 0. The molecule has 0 amide bonds. The molecular weight excluding hydrogens is 178 g/mol. The van der Waals surface area contributed by atoms with E-state index in [1.54, 1.807) is 17.1 Å². The second-order valence-corrected chi connectivity index (χ2v) is 3.25. The van der Waals surface area contributed by atoms with Crippen LogP contribution in [0.15, 0.2) is 12.4 Å². The summed E-state index contributed by atoms with van der Waals surface area (Å²) in [7, 11) is 0. The van der Waals surface area contributed by atoms with Crippen LogP contribution in [0.3, 0.4) is 0 Å². The smallest absolute Gasteiger partial charge is 0.166 e. The first kappa shape index (κ1) is 10.9. The first-order valence-corrected chi connectivity index (χ1v) is 5.03. The minimum Gasteiger partial charge on any atom is -0.330 e. The molecule has 4 heteroatoms. The molecule has 0 bridgehead atoms. The van der Waals surface area contributed by atoms with Gasteiger partial charge in [0.1, 0.15) is 0 Å². The van der Waals surface area contributed by atoms with E-state index >= 15 is 0 Å². The van der Waals surface area contributed by atoms with E-state index in [1.807, 2.05) is 6.92 Å². The van der Waals surface area contributed by atoms with E-state index < -0.39 is 0 Å². The normalized spacial score (nSPS) is 10.4. The molecule has 0 aliphatic rings. The molecule has 0 aliphatic carbocycles. The van der Waals surface area contributed by atoms with Gasteiger partial charge in [-0.1, -0.05) is 0 Å². The summed E-state index contributed by atoms with van der Waals surface area (Å²) in [5.41, 5.74) is 6.06. The molecule has 0 aromatic carbocycles. The third-order valence-electron chi connectivity index (χ3n) is 2.14. The monoisotopic (exact) mass is 195 g/mol. The van der Waals surface area contributed by atoms with Crippen LogP contribution in [-0.4, -0.2) is 22.1 Å². The van der Waals surface area contributed by atoms with Gasteiger partial charge in [0.25, 0.3) is 0 Å². The summed E-state index contributed by atoms with van der Waals surface area (Å²) in [4.78, 5) is 11.6. The SMILES string of the molecule is CCn1cc(C(=O)CCCCN)cn1. The van der Waals surface area contributed by atoms with Gasteiger partial charge in [0.2, 0.25) is 0 Å². The summed E-state index contributed by atoms with van der Waals surface area (Å²) in [6.07, 6.45) is 5.78. The van der Waals surface area contributed by atoms with E-state index in [4.69, 9.17) is 5.73 Å². The van der Waals surface area contributed by atoms with Crippen molar-refractivity contribution in [2.24, 2.45) is 5.73 Å². The molecule has 1 heterocycles. The lowest BCUT2D eigenvalue weighted by Crippen LogP contribution is -2.02. The lowest BCUT2D eigenvalue weighted by atomic mass is 10.1. The minimum atomic E-state index is 0.165. The fourth-order valence-electron chi connectivity index (χ4n) is 1.25. The zero-order valence-electron chi connectivity index (χ0n) is 8.57. The van der Waals surface area contributed by atoms with Crippen molar-refractivity contribution in [3.05, 3.63) is 18.0 Å². The topological polar surface area (TPSA) is 60.9 Å². The first-order valence-electron chi connectivity index (χ1n) is 5.03. The van der Waals surface area contributed by atoms with Crippen LogP contribution in [0, 0.1) is 0 Å². The summed E-state index contributed by atoms with van der Waals surface area (Å²) >= 11 is 0. The molecule has 0 unspecified atom stereocenters. The van der Waals surface area contributed by atoms with Crippen LogP contribution < -0.4 is 5.73 Å². The van der Waals surface area contributed by atoms with Crippen LogP contribution >= 0.6 is 0 Å². The van der Waals surface area contributed by atoms with Gasteiger partial charge in [0.05, 0.1) is 11.8 Å². The van der Waals surface area contributed by atoms with Crippen LogP contribution in [0.25, 0.3) is 0 Å². The lowest BCUT2D eigenvalue weighted by molar-refractivity contribution is 0.0979. The number of carbonyl (C=O) groups excluding carboxylic acids is 1. The van der Waals surface area contributed by atoms with E-state index in [9.17, 15) is 4.79 Å². The molecule has 0 radical (unpaired) electrons. The fourth-order valence-corrected chi connectivity index (χ4v) is 1.25. The fraction of sp³-hybridized carbons (Fsp3) is 0.600. The molecule has 78 valence electrons. The van der Waals surface area contributed by atoms with Gasteiger partial charge in [-0.25, -0.2) is 0 Å². The Morgan fingerprint density at radius 1 is 1.57 bits per heavy atom. The maximum Gasteiger partial charge on any atom is 0.166 e. The van der Waals surface area contributed by atoms with E-state index in [-0.39, 0.29) is 5.78 Å². The summed E-state index contributed by atoms with van der Waals surface area (Å²) in [5, 5.41) is 4.06. The van der Waals surface area contributed by atoms with E-state index in [2.05, 4.69) is 5.10 Å². The van der Waals surface area contributed by atoms with Gasteiger partial charge in [-0.3, -0.25) is 9.48 Å². The summed E-state index contributed by atoms with van der Waals surface area (Å²) in [6.45, 7) is 3.45. The molecule has 0 aliphatic heterocycles. The number of nitrogens with two attached hydrogens (primary N) is 1. The van der Waals surface area contributed by atoms with Crippen molar-refractivity contribution in [2.75, 3.05) is 6.54 Å². The number of hydrogen-bond donors (Lipinski definition) is 1. The number of rotatable bonds is 6. The van der Waals surface area contributed by atoms with Crippen LogP contribution in [0.4, 0.5) is 0 Å². The van der Waals surface area contributed by atoms with Gasteiger partial charge in [0.15, 0.2) is 5.78 Å². The van der Waals surface area contributed by atoms with E-state index in [0.29, 0.717) is 18.5 Å². The molecule has 0 saturated heterocycles. The Balaban J connectivity index is 2.44. The maximum atomic E-state index is 11.6. The predicted octanol–water partition coefficient (Wildman–Crippen LogP) is 1.21. The highest BCUT2D eigenvalue weighted by Crippen LogP contribution is 2.05. The Morgan fingerprint density at radius 3 is 2.93 bits per heavy atom. The van der Waals surface area contributed by atoms with E-state index in [1.165, 1.54) is 0 Å². The van der Waals surface area contributed by atoms with Gasteiger partial charge < -0.3 is 5.73 Å². The Hall–Kier alpha value is -1.16. The number of carbonyl (C=O) groups is 1. The second-order valence-electron chi connectivity index (χ2n) is 3.25. The van der Waals surface area contributed by atoms with Crippen molar-refractivity contribution < 1.29 is 4.79 Å². The standard InChI is InChI=1S/C10H17N3O/c1-2-13-8-9(7-12-13)10(14)5-3-4-6-11/h7-8H,2-6,11H2,1H3. The molecule has 1 aromatic heterocycles. The molecule has 2 N–H and O–H groups in total. The van der Waals surface area contributed by atoms with Crippen LogP contribution in [0.5, 0.6) is 0 Å². The number of Topliss-reactive ketones (excluding diaryl/α,β-unsaturated/α-hetero) is 1. The number of hydrogen-bond acceptors (Lipinski definition) is 3. The summed E-state index contributed by atoms with van der Waals surface area (Å²) in [5.74, 6) is 0.165. The average Bonchev–Trinajstić information content (AvgIpc) is 2.66. The van der Waals surface area contributed by atoms with Gasteiger partial charge in [-0.15, -0.1) is 0 Å². The van der Waals surface area contributed by atoms with Gasteiger partial charge in [-0.05, 0) is 26.3 Å². The Labute approximate surface area is 84.1 Å². The maximum absolute atomic E-state index is 11.6. The number of aryl methyl sites for hydroxylation is 1. The Morgan fingerprint density at radius 2 is 2.36 bits per heavy atom. The van der Waals surface area contributed by atoms with Gasteiger partial charge >= 0.3 is 0 Å². The van der Waals surface area contributed by atoms with Crippen molar-refractivity contribution >= 4 is 5.78 Å². The van der Waals surface area contributed by atoms with Crippen molar-refractivity contribution in [1.29, 1.82) is 0 Å². The van der Waals surface area contributed by atoms with Crippen LogP contribution in [0.2, 0.25) is 0 Å². The second kappa shape index (κ2) is 5.54. The third-order valence-corrected chi connectivity index (χ3v) is 2.14. The Kier molecular flexibility index (Phi) is 4.32. The molecule has 0 spiro atoms. The molecule has 0 fully saturated rings. The lowest BCUT2D eigenvalue weighted by Gasteiger charge is -1.96. The molecule has 1 aromatic rings. The van der Waals surface area contributed by atoms with Crippen LogP contribution in [-0.2, 0) is 6.54 Å². The zero-order valence-corrected chi connectivity index (χ0v) is 8.57. The molecule has 4 nitrogen and oxygen atoms in total. The zero-order chi connectivity index (χ0) is 10.4. The van der Waals surface area contributed by atoms with Crippen molar-refractivity contribution in [2.45, 2.75) is 32.7 Å². The van der Waals surface area contributed by atoms with Crippen molar-refractivity contribution in [1.82, 2.24) is 9.78 Å². The molecule has 0 atom stereocenters. The van der Waals surface area contributed by atoms with Crippen molar-refractivity contribution in [3.63, 3.8) is 0 Å². The Bertz CT molecular complexity index is 293. The number of nitrogens with zero attached hydrogens (tertiary/aromatic N) is 2. The largest absolute Gasteiger partial charge is 0.330 e. The molecule has 0 saturated carbocycles. The molecular formula is C10H17N3O. The van der Waals surface area contributed by atoms with Gasteiger partial charge in [0, 0.05) is 19.2 Å². The van der Waals surface area contributed by atoms with Gasteiger partial charge in [-0.2, -0.15) is 5.10 Å². The van der Waals surface area contributed by atoms with Crippen LogP contribution in [0.1, 0.15) is 36.5 Å². The highest BCUT2D eigenvalue weighted by atomic mass is 16.1. The highest BCUT2D eigenvalue weighted by molar-refractivity contribution is 5.95. The van der Waals surface area contributed by atoms with Crippen molar-refractivity contribution in [3.8, 4) is 0 Å². The summed E-state index contributed by atoms with van der Waals surface area (Å²) < 4.78 is 1.76. The molecule has 14 heavy (non-hydrogen) atoms. The number of aromatic nitrogens is 2. The number of unbranched alkanes of at least 4 members (excludes halogenated alkanes) is 1. The molecule has 1 rings (SSSR count). The average molecular weight is 195 g/mol. The minimum absolute atomic E-state index is 0.165. The third kappa shape index (κ3) is 2.96. The number of ketones is 1. The highest BCUT2D eigenvalue weighted by Gasteiger charge is 2.07. The van der Waals surface area contributed by atoms with E-state index in [0.717, 1.165) is 19.4 Å².